The summed E-state index contributed by atoms with van der Waals surface area (Å²) in [6.45, 7) is 2.64. The maximum Gasteiger partial charge on any atom is 0.349 e. The molecule has 0 saturated carbocycles. The van der Waals surface area contributed by atoms with E-state index >= 15 is 0 Å². The smallest absolute Gasteiger partial charge is 0.349 e. The van der Waals surface area contributed by atoms with Crippen LogP contribution in [0.3, 0.4) is 0 Å². The van der Waals surface area contributed by atoms with Crippen LogP contribution in [0.25, 0.3) is 11.0 Å². The summed E-state index contributed by atoms with van der Waals surface area (Å²) in [7, 11) is -3.61. The molecule has 0 N–H and O–H groups in total. The standard InChI is InChI=1S/C21H20N2O5S/c1-15-6-8-17(9-7-15)29(26,27)23-12-10-22(11-13-23)20(24)18-14-16-4-2-3-5-19(16)28-21(18)25/h2-9,14H,10-13H2,1H3. The molecule has 0 bridgehead atoms. The van der Waals surface area contributed by atoms with Gasteiger partial charge < -0.3 is 9.32 Å². The van der Waals surface area contributed by atoms with Gasteiger partial charge in [-0.25, -0.2) is 13.2 Å². The number of nitrogens with zero attached hydrogens (tertiary/aromatic N) is 2. The summed E-state index contributed by atoms with van der Waals surface area (Å²) < 4.78 is 32.2. The predicted molar refractivity (Wildman–Crippen MR) is 108 cm³/mol. The number of sulfonamides is 1. The van der Waals surface area contributed by atoms with Crippen LogP contribution in [0.2, 0.25) is 0 Å². The molecule has 1 fully saturated rings. The van der Waals surface area contributed by atoms with Gasteiger partial charge in [0.2, 0.25) is 10.0 Å². The number of rotatable bonds is 3. The predicted octanol–water partition coefficient (Wildman–Crippen LogP) is 2.25. The van der Waals surface area contributed by atoms with E-state index in [0.29, 0.717) is 11.0 Å². The summed E-state index contributed by atoms with van der Waals surface area (Å²) in [5.74, 6) is -0.447. The topological polar surface area (TPSA) is 87.9 Å². The van der Waals surface area contributed by atoms with Crippen LogP contribution in [0, 0.1) is 6.92 Å². The lowest BCUT2D eigenvalue weighted by Gasteiger charge is -2.33. The van der Waals surface area contributed by atoms with Crippen LogP contribution < -0.4 is 5.63 Å². The largest absolute Gasteiger partial charge is 0.422 e. The third kappa shape index (κ3) is 3.68. The van der Waals surface area contributed by atoms with Crippen LogP contribution in [0.5, 0.6) is 0 Å². The van der Waals surface area contributed by atoms with Crippen LogP contribution in [0.15, 0.2) is 68.7 Å². The van der Waals surface area contributed by atoms with Gasteiger partial charge in [0.1, 0.15) is 11.1 Å². The lowest BCUT2D eigenvalue weighted by molar-refractivity contribution is 0.0694. The summed E-state index contributed by atoms with van der Waals surface area (Å²) in [5, 5.41) is 0.663. The zero-order valence-corrected chi connectivity index (χ0v) is 16.7. The Balaban J connectivity index is 1.51. The lowest BCUT2D eigenvalue weighted by atomic mass is 10.1. The van der Waals surface area contributed by atoms with Crippen molar-refractivity contribution >= 4 is 26.9 Å². The Kier molecular flexibility index (Phi) is 4.97. The molecule has 0 aliphatic carbocycles. The van der Waals surface area contributed by atoms with E-state index in [1.807, 2.05) is 6.92 Å². The zero-order chi connectivity index (χ0) is 20.6. The van der Waals surface area contributed by atoms with Crippen molar-refractivity contribution in [3.05, 3.63) is 76.1 Å². The monoisotopic (exact) mass is 412 g/mol. The van der Waals surface area contributed by atoms with E-state index in [1.54, 1.807) is 48.5 Å². The Morgan fingerprint density at radius 2 is 1.62 bits per heavy atom. The molecule has 7 nitrogen and oxygen atoms in total. The summed E-state index contributed by atoms with van der Waals surface area (Å²) in [6.07, 6.45) is 0. The minimum atomic E-state index is -3.61. The van der Waals surface area contributed by atoms with Gasteiger partial charge in [-0.05, 0) is 31.2 Å². The van der Waals surface area contributed by atoms with Crippen molar-refractivity contribution in [2.24, 2.45) is 0 Å². The van der Waals surface area contributed by atoms with Crippen LogP contribution in [-0.2, 0) is 10.0 Å². The Hall–Kier alpha value is -2.97. The van der Waals surface area contributed by atoms with E-state index in [0.717, 1.165) is 5.56 Å². The van der Waals surface area contributed by atoms with Gasteiger partial charge in [0, 0.05) is 31.6 Å². The van der Waals surface area contributed by atoms with Gasteiger partial charge in [-0.15, -0.1) is 0 Å². The van der Waals surface area contributed by atoms with Crippen molar-refractivity contribution in [2.45, 2.75) is 11.8 Å². The Bertz CT molecular complexity index is 1220. The summed E-state index contributed by atoms with van der Waals surface area (Å²) in [6, 6.07) is 15.2. The molecule has 1 aliphatic heterocycles. The highest BCUT2D eigenvalue weighted by Gasteiger charge is 2.31. The normalized spacial score (nSPS) is 15.6. The van der Waals surface area contributed by atoms with Gasteiger partial charge >= 0.3 is 5.63 Å². The highest BCUT2D eigenvalue weighted by molar-refractivity contribution is 7.89. The van der Waals surface area contributed by atoms with Crippen molar-refractivity contribution in [3.63, 3.8) is 0 Å². The number of carbonyl (C=O) groups is 1. The van der Waals surface area contributed by atoms with Crippen molar-refractivity contribution in [3.8, 4) is 0 Å². The second-order valence-electron chi connectivity index (χ2n) is 6.99. The van der Waals surface area contributed by atoms with Crippen molar-refractivity contribution < 1.29 is 17.6 Å². The van der Waals surface area contributed by atoms with Crippen LogP contribution in [-0.4, -0.2) is 49.7 Å². The number of fused-ring (bicyclic) bond motifs is 1. The van der Waals surface area contributed by atoms with E-state index in [1.165, 1.54) is 15.3 Å². The third-order valence-corrected chi connectivity index (χ3v) is 6.97. The maximum absolute atomic E-state index is 12.8. The molecule has 29 heavy (non-hydrogen) atoms. The Morgan fingerprint density at radius 1 is 0.966 bits per heavy atom. The van der Waals surface area contributed by atoms with Crippen LogP contribution in [0.4, 0.5) is 0 Å². The molecule has 0 spiro atoms. The van der Waals surface area contributed by atoms with E-state index in [4.69, 9.17) is 4.42 Å². The molecular weight excluding hydrogens is 392 g/mol. The highest BCUT2D eigenvalue weighted by Crippen LogP contribution is 2.19. The quantitative estimate of drug-likeness (QED) is 0.616. The maximum atomic E-state index is 12.8. The molecule has 1 aliphatic rings. The number of hydrogen-bond donors (Lipinski definition) is 0. The molecule has 1 amide bonds. The van der Waals surface area contributed by atoms with Gasteiger partial charge in [0.15, 0.2) is 0 Å². The van der Waals surface area contributed by atoms with Gasteiger partial charge in [0.05, 0.1) is 4.90 Å². The SMILES string of the molecule is Cc1ccc(S(=O)(=O)N2CCN(C(=O)c3cc4ccccc4oc3=O)CC2)cc1. The summed E-state index contributed by atoms with van der Waals surface area (Å²) in [5.41, 5.74) is 0.665. The average molecular weight is 412 g/mol. The molecular formula is C21H20N2O5S. The lowest BCUT2D eigenvalue weighted by Crippen LogP contribution is -2.51. The minimum Gasteiger partial charge on any atom is -0.422 e. The fourth-order valence-corrected chi connectivity index (χ4v) is 4.79. The van der Waals surface area contributed by atoms with E-state index in [-0.39, 0.29) is 36.6 Å². The number of hydrogen-bond acceptors (Lipinski definition) is 5. The Labute approximate surface area is 168 Å². The van der Waals surface area contributed by atoms with Crippen LogP contribution in [0.1, 0.15) is 15.9 Å². The first-order valence-electron chi connectivity index (χ1n) is 9.25. The minimum absolute atomic E-state index is 0.0430. The average Bonchev–Trinajstić information content (AvgIpc) is 2.73. The van der Waals surface area contributed by atoms with E-state index in [2.05, 4.69) is 0 Å². The van der Waals surface area contributed by atoms with Crippen LogP contribution >= 0.6 is 0 Å². The number of piperazine rings is 1. The van der Waals surface area contributed by atoms with Gasteiger partial charge in [-0.2, -0.15) is 4.31 Å². The second-order valence-corrected chi connectivity index (χ2v) is 8.93. The summed E-state index contributed by atoms with van der Waals surface area (Å²) in [4.78, 5) is 26.8. The van der Waals surface area contributed by atoms with Gasteiger partial charge in [-0.3, -0.25) is 4.79 Å². The Morgan fingerprint density at radius 3 is 2.31 bits per heavy atom. The first kappa shape index (κ1) is 19.4. The fourth-order valence-electron chi connectivity index (χ4n) is 3.37. The molecule has 0 atom stereocenters. The van der Waals surface area contributed by atoms with E-state index < -0.39 is 21.6 Å². The molecule has 1 aromatic heterocycles. The molecule has 0 radical (unpaired) electrons. The van der Waals surface area contributed by atoms with Gasteiger partial charge in [0.25, 0.3) is 5.91 Å². The van der Waals surface area contributed by atoms with Crippen molar-refractivity contribution in [1.29, 1.82) is 0 Å². The fraction of sp³-hybridized carbons (Fsp3) is 0.238. The molecule has 1 saturated heterocycles. The highest BCUT2D eigenvalue weighted by atomic mass is 32.2. The second kappa shape index (κ2) is 7.46. The molecule has 0 unspecified atom stereocenters. The summed E-state index contributed by atoms with van der Waals surface area (Å²) >= 11 is 0. The molecule has 3 aromatic rings. The number of aryl methyl sites for hydroxylation is 1. The first-order valence-corrected chi connectivity index (χ1v) is 10.7. The van der Waals surface area contributed by atoms with Crippen molar-refractivity contribution in [1.82, 2.24) is 9.21 Å². The molecule has 150 valence electrons. The number of benzene rings is 2. The van der Waals surface area contributed by atoms with E-state index in [9.17, 15) is 18.0 Å². The molecule has 8 heteroatoms. The number of carbonyl (C=O) groups excluding carboxylic acids is 1. The third-order valence-electron chi connectivity index (χ3n) is 5.06. The number of para-hydroxylation sites is 1. The van der Waals surface area contributed by atoms with Crippen molar-refractivity contribution in [2.75, 3.05) is 26.2 Å². The zero-order valence-electron chi connectivity index (χ0n) is 15.9. The molecule has 4 rings (SSSR count). The first-order chi connectivity index (χ1) is 13.9. The van der Waals surface area contributed by atoms with Gasteiger partial charge in [-0.1, -0.05) is 35.9 Å². The number of amides is 1. The molecule has 2 heterocycles. The molecule has 2 aromatic carbocycles.